The number of nitriles is 1. The molecule has 0 spiro atoms. The number of para-hydroxylation sites is 1. The average molecular weight is 287 g/mol. The minimum atomic E-state index is -0.301. The fourth-order valence-electron chi connectivity index (χ4n) is 2.64. The van der Waals surface area contributed by atoms with Crippen molar-refractivity contribution in [3.63, 3.8) is 0 Å². The van der Waals surface area contributed by atoms with E-state index in [-0.39, 0.29) is 12.3 Å². The molecule has 5 nitrogen and oxygen atoms in total. The number of amides is 1. The van der Waals surface area contributed by atoms with Gasteiger partial charge in [-0.2, -0.15) is 5.26 Å². The Morgan fingerprint density at radius 3 is 2.86 bits per heavy atom. The Morgan fingerprint density at radius 2 is 2.19 bits per heavy atom. The summed E-state index contributed by atoms with van der Waals surface area (Å²) in [7, 11) is 1.58. The largest absolute Gasteiger partial charge is 0.495 e. The first-order valence-corrected chi connectivity index (χ1v) is 7.29. The lowest BCUT2D eigenvalue weighted by Gasteiger charge is -2.18. The molecule has 1 saturated heterocycles. The standard InChI is InChI=1S/C16H21N3O2/c1-21-14-6-4-5-13(8-12-19-10-2-3-11-19)16(14)18-15(20)7-9-17/h4-6H,2-3,7-8,10-12H2,1H3,(H,18,20). The molecule has 1 amide bonds. The summed E-state index contributed by atoms with van der Waals surface area (Å²) in [5.74, 6) is 0.338. The lowest BCUT2D eigenvalue weighted by atomic mass is 10.1. The predicted molar refractivity (Wildman–Crippen MR) is 81.2 cm³/mol. The van der Waals surface area contributed by atoms with Gasteiger partial charge in [0.1, 0.15) is 12.2 Å². The lowest BCUT2D eigenvalue weighted by Crippen LogP contribution is -2.22. The van der Waals surface area contributed by atoms with Crippen LogP contribution in [0.25, 0.3) is 0 Å². The van der Waals surface area contributed by atoms with E-state index >= 15 is 0 Å². The van der Waals surface area contributed by atoms with Crippen LogP contribution < -0.4 is 10.1 Å². The monoisotopic (exact) mass is 287 g/mol. The molecule has 0 unspecified atom stereocenters. The SMILES string of the molecule is COc1cccc(CCN2CCCC2)c1NC(=O)CC#N. The Labute approximate surface area is 125 Å². The van der Waals surface area contributed by atoms with Crippen molar-refractivity contribution in [1.29, 1.82) is 5.26 Å². The molecular weight excluding hydrogens is 266 g/mol. The summed E-state index contributed by atoms with van der Waals surface area (Å²) in [4.78, 5) is 14.1. The number of anilines is 1. The Balaban J connectivity index is 2.10. The Hall–Kier alpha value is -2.06. The van der Waals surface area contributed by atoms with Crippen LogP contribution in [0.4, 0.5) is 5.69 Å². The zero-order valence-electron chi connectivity index (χ0n) is 12.4. The smallest absolute Gasteiger partial charge is 0.238 e. The number of carbonyl (C=O) groups excluding carboxylic acids is 1. The van der Waals surface area contributed by atoms with Crippen molar-refractivity contribution in [2.75, 3.05) is 32.1 Å². The first-order valence-electron chi connectivity index (χ1n) is 7.29. The van der Waals surface area contributed by atoms with Gasteiger partial charge in [0, 0.05) is 6.54 Å². The van der Waals surface area contributed by atoms with Gasteiger partial charge in [-0.25, -0.2) is 0 Å². The molecule has 0 bridgehead atoms. The van der Waals surface area contributed by atoms with Crippen molar-refractivity contribution in [3.05, 3.63) is 23.8 Å². The fraction of sp³-hybridized carbons (Fsp3) is 0.500. The van der Waals surface area contributed by atoms with Crippen LogP contribution in [0.1, 0.15) is 24.8 Å². The molecule has 0 atom stereocenters. The van der Waals surface area contributed by atoms with Crippen molar-refractivity contribution in [2.24, 2.45) is 0 Å². The van der Waals surface area contributed by atoms with E-state index in [1.54, 1.807) is 7.11 Å². The first kappa shape index (κ1) is 15.3. The Kier molecular flexibility index (Phi) is 5.59. The van der Waals surface area contributed by atoms with Crippen LogP contribution in [-0.4, -0.2) is 37.6 Å². The van der Waals surface area contributed by atoms with Crippen LogP contribution in [0.5, 0.6) is 5.75 Å². The van der Waals surface area contributed by atoms with Crippen molar-refractivity contribution in [2.45, 2.75) is 25.7 Å². The molecule has 21 heavy (non-hydrogen) atoms. The minimum Gasteiger partial charge on any atom is -0.495 e. The zero-order chi connectivity index (χ0) is 15.1. The third-order valence-electron chi connectivity index (χ3n) is 3.73. The molecule has 1 fully saturated rings. The molecule has 1 heterocycles. The van der Waals surface area contributed by atoms with E-state index in [0.717, 1.165) is 31.6 Å². The van der Waals surface area contributed by atoms with E-state index in [4.69, 9.17) is 10.00 Å². The van der Waals surface area contributed by atoms with Gasteiger partial charge < -0.3 is 15.0 Å². The molecule has 0 aromatic heterocycles. The maximum atomic E-state index is 11.7. The summed E-state index contributed by atoms with van der Waals surface area (Å²) in [6, 6.07) is 7.61. The number of rotatable bonds is 6. The highest BCUT2D eigenvalue weighted by Gasteiger charge is 2.15. The highest BCUT2D eigenvalue weighted by molar-refractivity contribution is 5.94. The van der Waals surface area contributed by atoms with Crippen LogP contribution in [0.15, 0.2) is 18.2 Å². The predicted octanol–water partition coefficient (Wildman–Crippen LogP) is 2.19. The van der Waals surface area contributed by atoms with Gasteiger partial charge in [0.05, 0.1) is 18.9 Å². The van der Waals surface area contributed by atoms with Gasteiger partial charge in [-0.1, -0.05) is 12.1 Å². The number of nitrogens with one attached hydrogen (secondary N) is 1. The van der Waals surface area contributed by atoms with Crippen LogP contribution >= 0.6 is 0 Å². The number of carbonyl (C=O) groups is 1. The van der Waals surface area contributed by atoms with Crippen molar-refractivity contribution in [3.8, 4) is 11.8 Å². The molecule has 1 N–H and O–H groups in total. The van der Waals surface area contributed by atoms with Gasteiger partial charge in [-0.05, 0) is 44.0 Å². The molecular formula is C16H21N3O2. The molecule has 0 aliphatic carbocycles. The Bertz CT molecular complexity index is 531. The summed E-state index contributed by atoms with van der Waals surface area (Å²) in [6.45, 7) is 3.29. The number of nitrogens with zero attached hydrogens (tertiary/aromatic N) is 2. The van der Waals surface area contributed by atoms with E-state index in [0.29, 0.717) is 11.4 Å². The van der Waals surface area contributed by atoms with E-state index in [2.05, 4.69) is 10.2 Å². The second-order valence-corrected chi connectivity index (χ2v) is 5.18. The number of likely N-dealkylation sites (tertiary alicyclic amines) is 1. The maximum Gasteiger partial charge on any atom is 0.238 e. The van der Waals surface area contributed by atoms with Gasteiger partial charge >= 0.3 is 0 Å². The summed E-state index contributed by atoms with van der Waals surface area (Å²) < 4.78 is 5.33. The lowest BCUT2D eigenvalue weighted by molar-refractivity contribution is -0.115. The van der Waals surface area contributed by atoms with Crippen LogP contribution in [0.2, 0.25) is 0 Å². The van der Waals surface area contributed by atoms with E-state index in [9.17, 15) is 4.79 Å². The number of ether oxygens (including phenoxy) is 1. The number of hydrogen-bond acceptors (Lipinski definition) is 4. The average Bonchev–Trinajstić information content (AvgIpc) is 2.99. The normalized spacial score (nSPS) is 14.7. The van der Waals surface area contributed by atoms with Crippen LogP contribution in [0, 0.1) is 11.3 Å². The van der Waals surface area contributed by atoms with E-state index in [1.807, 2.05) is 24.3 Å². The molecule has 0 radical (unpaired) electrons. The van der Waals surface area contributed by atoms with Crippen molar-refractivity contribution in [1.82, 2.24) is 4.90 Å². The first-order chi connectivity index (χ1) is 10.2. The zero-order valence-corrected chi connectivity index (χ0v) is 12.4. The molecule has 112 valence electrons. The molecule has 1 aromatic rings. The maximum absolute atomic E-state index is 11.7. The second kappa shape index (κ2) is 7.65. The van der Waals surface area contributed by atoms with Crippen LogP contribution in [-0.2, 0) is 11.2 Å². The Morgan fingerprint density at radius 1 is 1.43 bits per heavy atom. The minimum absolute atomic E-state index is 0.149. The number of benzene rings is 1. The molecule has 1 aliphatic rings. The fourth-order valence-corrected chi connectivity index (χ4v) is 2.64. The van der Waals surface area contributed by atoms with Gasteiger partial charge in [-0.3, -0.25) is 4.79 Å². The summed E-state index contributed by atoms with van der Waals surface area (Å²) in [5, 5.41) is 11.4. The second-order valence-electron chi connectivity index (χ2n) is 5.18. The number of hydrogen-bond donors (Lipinski definition) is 1. The quantitative estimate of drug-likeness (QED) is 0.871. The third-order valence-corrected chi connectivity index (χ3v) is 3.73. The number of methoxy groups -OCH3 is 1. The highest BCUT2D eigenvalue weighted by Crippen LogP contribution is 2.29. The molecule has 1 aliphatic heterocycles. The molecule has 5 heteroatoms. The molecule has 0 saturated carbocycles. The van der Waals surface area contributed by atoms with Crippen molar-refractivity contribution < 1.29 is 9.53 Å². The van der Waals surface area contributed by atoms with Gasteiger partial charge in [0.15, 0.2) is 0 Å². The highest BCUT2D eigenvalue weighted by atomic mass is 16.5. The van der Waals surface area contributed by atoms with Gasteiger partial charge in [0.25, 0.3) is 0 Å². The van der Waals surface area contributed by atoms with Gasteiger partial charge in [0.2, 0.25) is 5.91 Å². The van der Waals surface area contributed by atoms with Crippen LogP contribution in [0.3, 0.4) is 0 Å². The summed E-state index contributed by atoms with van der Waals surface area (Å²) in [5.41, 5.74) is 1.74. The van der Waals surface area contributed by atoms with Gasteiger partial charge in [-0.15, -0.1) is 0 Å². The van der Waals surface area contributed by atoms with E-state index < -0.39 is 0 Å². The summed E-state index contributed by atoms with van der Waals surface area (Å²) >= 11 is 0. The topological polar surface area (TPSA) is 65.4 Å². The van der Waals surface area contributed by atoms with Crippen molar-refractivity contribution >= 4 is 11.6 Å². The van der Waals surface area contributed by atoms with E-state index in [1.165, 1.54) is 12.8 Å². The third kappa shape index (κ3) is 4.20. The summed E-state index contributed by atoms with van der Waals surface area (Å²) in [6.07, 6.45) is 3.25. The molecule has 2 rings (SSSR count). The molecule has 1 aromatic carbocycles.